The predicted molar refractivity (Wildman–Crippen MR) is 108 cm³/mol. The van der Waals surface area contributed by atoms with E-state index in [1.807, 2.05) is 54.1 Å². The number of benzene rings is 2. The monoisotopic (exact) mass is 402 g/mol. The van der Waals surface area contributed by atoms with E-state index in [4.69, 9.17) is 16.3 Å². The Hall–Kier alpha value is -2.51. The molecule has 0 aliphatic carbocycles. The molecule has 6 nitrogen and oxygen atoms in total. The molecule has 3 rings (SSSR count). The number of halogens is 1. The molecule has 0 aliphatic heterocycles. The maximum Gasteiger partial charge on any atom is 0.234 e. The molecule has 1 amide bonds. The molecule has 1 heterocycles. The summed E-state index contributed by atoms with van der Waals surface area (Å²) in [4.78, 5) is 12.2. The summed E-state index contributed by atoms with van der Waals surface area (Å²) in [5.41, 5.74) is 1.79. The third-order valence-corrected chi connectivity index (χ3v) is 5.16. The molecule has 1 aromatic heterocycles. The van der Waals surface area contributed by atoms with Crippen LogP contribution in [0.5, 0.6) is 5.75 Å². The van der Waals surface area contributed by atoms with Gasteiger partial charge in [-0.05, 0) is 29.8 Å². The van der Waals surface area contributed by atoms with Gasteiger partial charge in [-0.1, -0.05) is 41.6 Å². The van der Waals surface area contributed by atoms with E-state index in [0.717, 1.165) is 11.4 Å². The lowest BCUT2D eigenvalue weighted by Gasteiger charge is -2.07. The highest BCUT2D eigenvalue weighted by Crippen LogP contribution is 2.20. The maximum absolute atomic E-state index is 12.2. The second-order valence-electron chi connectivity index (χ2n) is 5.83. The third-order valence-electron chi connectivity index (χ3n) is 3.89. The van der Waals surface area contributed by atoms with Crippen LogP contribution in [0.2, 0.25) is 5.02 Å². The number of hydrogen-bond donors (Lipinski definition) is 1. The number of carbonyl (C=O) groups excluding carboxylic acids is 1. The van der Waals surface area contributed by atoms with Gasteiger partial charge in [0, 0.05) is 30.2 Å². The third kappa shape index (κ3) is 5.24. The highest BCUT2D eigenvalue weighted by Gasteiger charge is 2.12. The van der Waals surface area contributed by atoms with Crippen molar-refractivity contribution in [3.05, 3.63) is 64.9 Å². The number of nitrogens with one attached hydrogen (secondary N) is 1. The first-order valence-electron chi connectivity index (χ1n) is 8.24. The molecule has 140 valence electrons. The van der Waals surface area contributed by atoms with Gasteiger partial charge >= 0.3 is 0 Å². The molecule has 27 heavy (non-hydrogen) atoms. The first-order valence-corrected chi connectivity index (χ1v) is 9.61. The number of methoxy groups -OCH3 is 1. The number of aromatic nitrogens is 3. The number of thioether (sulfide) groups is 1. The van der Waals surface area contributed by atoms with Crippen LogP contribution < -0.4 is 10.1 Å². The lowest BCUT2D eigenvalue weighted by Crippen LogP contribution is -2.14. The van der Waals surface area contributed by atoms with Crippen molar-refractivity contribution in [2.24, 2.45) is 7.05 Å². The quantitative estimate of drug-likeness (QED) is 0.609. The molecule has 0 aliphatic rings. The number of rotatable bonds is 7. The SMILES string of the molecule is COc1cccc(NC(=O)CSc2nnc(Cc3ccc(Cl)cc3)n2C)c1. The van der Waals surface area contributed by atoms with Gasteiger partial charge < -0.3 is 14.6 Å². The maximum atomic E-state index is 12.2. The smallest absolute Gasteiger partial charge is 0.234 e. The van der Waals surface area contributed by atoms with Crippen LogP contribution in [0.1, 0.15) is 11.4 Å². The zero-order chi connectivity index (χ0) is 19.2. The van der Waals surface area contributed by atoms with Crippen molar-refractivity contribution in [2.45, 2.75) is 11.6 Å². The Kier molecular flexibility index (Phi) is 6.36. The molecule has 1 N–H and O–H groups in total. The Morgan fingerprint density at radius 2 is 2.00 bits per heavy atom. The molecule has 2 aromatic carbocycles. The molecule has 0 radical (unpaired) electrons. The Labute approximate surface area is 166 Å². The van der Waals surface area contributed by atoms with Crippen LogP contribution in [0.3, 0.4) is 0 Å². The molecular weight excluding hydrogens is 384 g/mol. The minimum Gasteiger partial charge on any atom is -0.497 e. The first-order chi connectivity index (χ1) is 13.0. The van der Waals surface area contributed by atoms with E-state index in [1.54, 1.807) is 13.2 Å². The van der Waals surface area contributed by atoms with Crippen molar-refractivity contribution >= 4 is 35.0 Å². The number of carbonyl (C=O) groups is 1. The van der Waals surface area contributed by atoms with Gasteiger partial charge in [-0.25, -0.2) is 0 Å². The Balaban J connectivity index is 1.57. The van der Waals surface area contributed by atoms with Crippen LogP contribution in [-0.2, 0) is 18.3 Å². The average Bonchev–Trinajstić information content (AvgIpc) is 3.02. The molecule has 0 bridgehead atoms. The van der Waals surface area contributed by atoms with E-state index < -0.39 is 0 Å². The van der Waals surface area contributed by atoms with Crippen LogP contribution in [0.25, 0.3) is 0 Å². The van der Waals surface area contributed by atoms with E-state index >= 15 is 0 Å². The number of amides is 1. The molecule has 0 spiro atoms. The van der Waals surface area contributed by atoms with Crippen LogP contribution in [0.4, 0.5) is 5.69 Å². The number of ether oxygens (including phenoxy) is 1. The van der Waals surface area contributed by atoms with Crippen LogP contribution in [0, 0.1) is 0 Å². The van der Waals surface area contributed by atoms with Crippen molar-refractivity contribution in [3.8, 4) is 5.75 Å². The number of hydrogen-bond acceptors (Lipinski definition) is 5. The highest BCUT2D eigenvalue weighted by atomic mass is 35.5. The Morgan fingerprint density at radius 3 is 2.74 bits per heavy atom. The average molecular weight is 403 g/mol. The van der Waals surface area contributed by atoms with E-state index in [0.29, 0.717) is 28.0 Å². The second-order valence-corrected chi connectivity index (χ2v) is 7.21. The van der Waals surface area contributed by atoms with Crippen molar-refractivity contribution in [3.63, 3.8) is 0 Å². The highest BCUT2D eigenvalue weighted by molar-refractivity contribution is 7.99. The lowest BCUT2D eigenvalue weighted by molar-refractivity contribution is -0.113. The van der Waals surface area contributed by atoms with Gasteiger partial charge in [0.05, 0.1) is 12.9 Å². The lowest BCUT2D eigenvalue weighted by atomic mass is 10.1. The fourth-order valence-corrected chi connectivity index (χ4v) is 3.29. The van der Waals surface area contributed by atoms with Gasteiger partial charge in [0.1, 0.15) is 11.6 Å². The summed E-state index contributed by atoms with van der Waals surface area (Å²) in [5, 5.41) is 12.7. The predicted octanol–water partition coefficient (Wildman–Crippen LogP) is 3.80. The first kappa shape index (κ1) is 19.3. The second kappa shape index (κ2) is 8.92. The largest absolute Gasteiger partial charge is 0.497 e. The van der Waals surface area contributed by atoms with Gasteiger partial charge in [-0.15, -0.1) is 10.2 Å². The molecule has 0 fully saturated rings. The van der Waals surface area contributed by atoms with Crippen molar-refractivity contribution in [2.75, 3.05) is 18.2 Å². The summed E-state index contributed by atoms with van der Waals surface area (Å²) in [6.07, 6.45) is 0.650. The van der Waals surface area contributed by atoms with E-state index in [2.05, 4.69) is 15.5 Å². The van der Waals surface area contributed by atoms with Crippen LogP contribution >= 0.6 is 23.4 Å². The summed E-state index contributed by atoms with van der Waals surface area (Å²) in [6, 6.07) is 14.9. The summed E-state index contributed by atoms with van der Waals surface area (Å²) < 4.78 is 7.05. The normalized spacial score (nSPS) is 10.6. The summed E-state index contributed by atoms with van der Waals surface area (Å²) in [5.74, 6) is 1.65. The van der Waals surface area contributed by atoms with E-state index in [1.165, 1.54) is 11.8 Å². The molecule has 0 atom stereocenters. The molecule has 0 unspecified atom stereocenters. The number of nitrogens with zero attached hydrogens (tertiary/aromatic N) is 3. The van der Waals surface area contributed by atoms with Gasteiger partial charge in [0.15, 0.2) is 5.16 Å². The zero-order valence-corrected chi connectivity index (χ0v) is 16.5. The minimum absolute atomic E-state index is 0.115. The molecular formula is C19H19ClN4O2S. The van der Waals surface area contributed by atoms with Crippen LogP contribution in [-0.4, -0.2) is 33.5 Å². The fourth-order valence-electron chi connectivity index (χ4n) is 2.44. The van der Waals surface area contributed by atoms with Crippen molar-refractivity contribution < 1.29 is 9.53 Å². The minimum atomic E-state index is -0.115. The number of anilines is 1. The van der Waals surface area contributed by atoms with Crippen LogP contribution in [0.15, 0.2) is 53.7 Å². The molecule has 0 saturated carbocycles. The summed E-state index contributed by atoms with van der Waals surface area (Å²) in [7, 11) is 3.49. The topological polar surface area (TPSA) is 69.0 Å². The summed E-state index contributed by atoms with van der Waals surface area (Å²) >= 11 is 7.26. The molecule has 8 heteroatoms. The fraction of sp³-hybridized carbons (Fsp3) is 0.211. The van der Waals surface area contributed by atoms with Gasteiger partial charge in [0.2, 0.25) is 5.91 Å². The van der Waals surface area contributed by atoms with E-state index in [9.17, 15) is 4.79 Å². The van der Waals surface area contributed by atoms with E-state index in [-0.39, 0.29) is 11.7 Å². The Bertz CT molecular complexity index is 928. The molecule has 0 saturated heterocycles. The van der Waals surface area contributed by atoms with Gasteiger partial charge in [-0.2, -0.15) is 0 Å². The standard InChI is InChI=1S/C19H19ClN4O2S/c1-24-17(10-13-6-8-14(20)9-7-13)22-23-19(24)27-12-18(25)21-15-4-3-5-16(11-15)26-2/h3-9,11H,10,12H2,1-2H3,(H,21,25). The Morgan fingerprint density at radius 1 is 1.22 bits per heavy atom. The van der Waals surface area contributed by atoms with Crippen molar-refractivity contribution in [1.82, 2.24) is 14.8 Å². The van der Waals surface area contributed by atoms with Crippen molar-refractivity contribution in [1.29, 1.82) is 0 Å². The summed E-state index contributed by atoms with van der Waals surface area (Å²) in [6.45, 7) is 0. The van der Waals surface area contributed by atoms with Gasteiger partial charge in [0.25, 0.3) is 0 Å². The van der Waals surface area contributed by atoms with Gasteiger partial charge in [-0.3, -0.25) is 4.79 Å². The molecule has 3 aromatic rings. The zero-order valence-electron chi connectivity index (χ0n) is 15.0.